The molecule has 1 aromatic heterocycles. The highest BCUT2D eigenvalue weighted by Gasteiger charge is 2.22. The number of anilines is 1. The Balaban J connectivity index is 1.88. The minimum atomic E-state index is -0.472. The lowest BCUT2D eigenvalue weighted by molar-refractivity contribution is -0.111. The number of esters is 1. The summed E-state index contributed by atoms with van der Waals surface area (Å²) in [4.78, 5) is 25.1. The van der Waals surface area contributed by atoms with E-state index >= 15 is 0 Å². The molecule has 3 rings (SSSR count). The third kappa shape index (κ3) is 5.17. The molecule has 3 aromatic rings. The summed E-state index contributed by atoms with van der Waals surface area (Å²) in [6, 6.07) is 15.0. The van der Waals surface area contributed by atoms with Gasteiger partial charge in [-0.25, -0.2) is 4.79 Å². The first kappa shape index (κ1) is 21.8. The SMILES string of the molecule is CCOC(=O)c1c(-c2ccc(Br)cc2)csc1NC(=O)/C=C/c1ccccc1OC. The van der Waals surface area contributed by atoms with Crippen LogP contribution in [0.25, 0.3) is 17.2 Å². The van der Waals surface area contributed by atoms with Crippen LogP contribution in [0.2, 0.25) is 0 Å². The topological polar surface area (TPSA) is 64.6 Å². The summed E-state index contributed by atoms with van der Waals surface area (Å²) < 4.78 is 11.5. The summed E-state index contributed by atoms with van der Waals surface area (Å²) in [6.07, 6.45) is 3.08. The van der Waals surface area contributed by atoms with Gasteiger partial charge in [0.15, 0.2) is 0 Å². The van der Waals surface area contributed by atoms with Crippen LogP contribution in [-0.4, -0.2) is 25.6 Å². The maximum atomic E-state index is 12.6. The summed E-state index contributed by atoms with van der Waals surface area (Å²) >= 11 is 4.70. The monoisotopic (exact) mass is 485 g/mol. The van der Waals surface area contributed by atoms with Gasteiger partial charge in [-0.3, -0.25) is 4.79 Å². The summed E-state index contributed by atoms with van der Waals surface area (Å²) in [5, 5.41) is 5.09. The number of halogens is 1. The van der Waals surface area contributed by atoms with E-state index in [0.717, 1.165) is 21.2 Å². The molecule has 0 aliphatic rings. The average molecular weight is 486 g/mol. The van der Waals surface area contributed by atoms with Crippen molar-refractivity contribution in [1.82, 2.24) is 0 Å². The third-order valence-corrected chi connectivity index (χ3v) is 5.64. The Hall–Kier alpha value is -2.90. The van der Waals surface area contributed by atoms with Gasteiger partial charge in [-0.2, -0.15) is 0 Å². The van der Waals surface area contributed by atoms with E-state index in [9.17, 15) is 9.59 Å². The van der Waals surface area contributed by atoms with Crippen molar-refractivity contribution in [3.8, 4) is 16.9 Å². The largest absolute Gasteiger partial charge is 0.496 e. The van der Waals surface area contributed by atoms with Gasteiger partial charge in [-0.1, -0.05) is 46.3 Å². The number of hydrogen-bond donors (Lipinski definition) is 1. The Kier molecular flexibility index (Phi) is 7.43. The van der Waals surface area contributed by atoms with Crippen molar-refractivity contribution in [2.75, 3.05) is 19.0 Å². The van der Waals surface area contributed by atoms with Crippen LogP contribution in [0, 0.1) is 0 Å². The van der Waals surface area contributed by atoms with Crippen LogP contribution in [0.3, 0.4) is 0 Å². The molecule has 1 heterocycles. The molecule has 0 radical (unpaired) electrons. The normalized spacial score (nSPS) is 10.8. The summed E-state index contributed by atoms with van der Waals surface area (Å²) in [5.41, 5.74) is 2.71. The molecule has 0 saturated carbocycles. The second-order valence-corrected chi connectivity index (χ2v) is 7.94. The van der Waals surface area contributed by atoms with E-state index in [-0.39, 0.29) is 12.5 Å². The molecule has 154 valence electrons. The molecule has 0 bridgehead atoms. The molecular weight excluding hydrogens is 466 g/mol. The Morgan fingerprint density at radius 1 is 1.13 bits per heavy atom. The van der Waals surface area contributed by atoms with Gasteiger partial charge in [0, 0.05) is 27.1 Å². The van der Waals surface area contributed by atoms with Crippen molar-refractivity contribution >= 4 is 50.2 Å². The number of rotatable bonds is 7. The average Bonchev–Trinajstić information content (AvgIpc) is 3.16. The van der Waals surface area contributed by atoms with Crippen LogP contribution in [0.5, 0.6) is 5.75 Å². The van der Waals surface area contributed by atoms with Crippen molar-refractivity contribution in [1.29, 1.82) is 0 Å². The highest BCUT2D eigenvalue weighted by molar-refractivity contribution is 9.10. The van der Waals surface area contributed by atoms with Crippen LogP contribution in [0.1, 0.15) is 22.8 Å². The lowest BCUT2D eigenvalue weighted by Crippen LogP contribution is -2.12. The number of hydrogen-bond acceptors (Lipinski definition) is 5. The maximum Gasteiger partial charge on any atom is 0.341 e. The molecule has 30 heavy (non-hydrogen) atoms. The lowest BCUT2D eigenvalue weighted by Gasteiger charge is -2.08. The third-order valence-electron chi connectivity index (χ3n) is 4.22. The molecule has 0 aliphatic heterocycles. The highest BCUT2D eigenvalue weighted by Crippen LogP contribution is 2.36. The van der Waals surface area contributed by atoms with Crippen LogP contribution in [-0.2, 0) is 9.53 Å². The van der Waals surface area contributed by atoms with Gasteiger partial charge in [-0.15, -0.1) is 11.3 Å². The number of para-hydroxylation sites is 1. The summed E-state index contributed by atoms with van der Waals surface area (Å²) in [6.45, 7) is 1.99. The lowest BCUT2D eigenvalue weighted by atomic mass is 10.0. The fourth-order valence-electron chi connectivity index (χ4n) is 2.82. The second-order valence-electron chi connectivity index (χ2n) is 6.15. The molecule has 0 unspecified atom stereocenters. The highest BCUT2D eigenvalue weighted by atomic mass is 79.9. The first-order valence-electron chi connectivity index (χ1n) is 9.20. The van der Waals surface area contributed by atoms with E-state index in [2.05, 4.69) is 21.2 Å². The fraction of sp³-hybridized carbons (Fsp3) is 0.130. The van der Waals surface area contributed by atoms with Gasteiger partial charge in [0.05, 0.1) is 13.7 Å². The molecule has 1 amide bonds. The number of carbonyl (C=O) groups excluding carboxylic acids is 2. The zero-order chi connectivity index (χ0) is 21.5. The van der Waals surface area contributed by atoms with Gasteiger partial charge >= 0.3 is 5.97 Å². The number of carbonyl (C=O) groups is 2. The Bertz CT molecular complexity index is 1070. The van der Waals surface area contributed by atoms with Gasteiger partial charge in [0.1, 0.15) is 16.3 Å². The number of methoxy groups -OCH3 is 1. The van der Waals surface area contributed by atoms with E-state index in [0.29, 0.717) is 16.3 Å². The zero-order valence-corrected chi connectivity index (χ0v) is 18.9. The van der Waals surface area contributed by atoms with E-state index in [1.807, 2.05) is 53.9 Å². The molecular formula is C23H20BrNO4S. The van der Waals surface area contributed by atoms with E-state index in [4.69, 9.17) is 9.47 Å². The van der Waals surface area contributed by atoms with Gasteiger partial charge < -0.3 is 14.8 Å². The first-order chi connectivity index (χ1) is 14.5. The predicted molar refractivity (Wildman–Crippen MR) is 124 cm³/mol. The number of ether oxygens (including phenoxy) is 2. The van der Waals surface area contributed by atoms with Crippen LogP contribution < -0.4 is 10.1 Å². The van der Waals surface area contributed by atoms with Crippen molar-refractivity contribution < 1.29 is 19.1 Å². The van der Waals surface area contributed by atoms with E-state index in [1.54, 1.807) is 20.1 Å². The molecule has 7 heteroatoms. The first-order valence-corrected chi connectivity index (χ1v) is 10.9. The zero-order valence-electron chi connectivity index (χ0n) is 16.5. The van der Waals surface area contributed by atoms with Crippen molar-refractivity contribution in [2.45, 2.75) is 6.92 Å². The Labute approximate surface area is 187 Å². The standard InChI is InChI=1S/C23H20BrNO4S/c1-3-29-23(27)21-18(15-8-11-17(24)12-9-15)14-30-22(21)25-20(26)13-10-16-6-4-5-7-19(16)28-2/h4-14H,3H2,1-2H3,(H,25,26)/b13-10+. The summed E-state index contributed by atoms with van der Waals surface area (Å²) in [7, 11) is 1.58. The molecule has 0 saturated heterocycles. The van der Waals surface area contributed by atoms with E-state index in [1.165, 1.54) is 17.4 Å². The molecule has 5 nitrogen and oxygen atoms in total. The quantitative estimate of drug-likeness (QED) is 0.328. The van der Waals surface area contributed by atoms with Gasteiger partial charge in [-0.05, 0) is 36.8 Å². The minimum Gasteiger partial charge on any atom is -0.496 e. The van der Waals surface area contributed by atoms with Crippen molar-refractivity contribution in [2.24, 2.45) is 0 Å². The Morgan fingerprint density at radius 3 is 2.57 bits per heavy atom. The molecule has 0 atom stereocenters. The van der Waals surface area contributed by atoms with Crippen LogP contribution in [0.15, 0.2) is 64.5 Å². The number of amides is 1. The van der Waals surface area contributed by atoms with E-state index < -0.39 is 5.97 Å². The maximum absolute atomic E-state index is 12.6. The second kappa shape index (κ2) is 10.2. The Morgan fingerprint density at radius 2 is 1.87 bits per heavy atom. The number of nitrogens with one attached hydrogen (secondary N) is 1. The fourth-order valence-corrected chi connectivity index (χ4v) is 4.05. The summed E-state index contributed by atoms with van der Waals surface area (Å²) in [5.74, 6) is -0.154. The molecule has 2 aromatic carbocycles. The minimum absolute atomic E-state index is 0.246. The van der Waals surface area contributed by atoms with Crippen molar-refractivity contribution in [3.05, 3.63) is 75.6 Å². The molecule has 0 fully saturated rings. The smallest absolute Gasteiger partial charge is 0.341 e. The van der Waals surface area contributed by atoms with Gasteiger partial charge in [0.25, 0.3) is 0 Å². The number of benzene rings is 2. The van der Waals surface area contributed by atoms with Gasteiger partial charge in [0.2, 0.25) is 5.91 Å². The van der Waals surface area contributed by atoms with Crippen LogP contribution >= 0.6 is 27.3 Å². The predicted octanol–water partition coefficient (Wildman–Crippen LogP) is 6.01. The number of thiophene rings is 1. The molecule has 1 N–H and O–H groups in total. The van der Waals surface area contributed by atoms with Crippen molar-refractivity contribution in [3.63, 3.8) is 0 Å². The molecule has 0 spiro atoms. The van der Waals surface area contributed by atoms with Crippen LogP contribution in [0.4, 0.5) is 5.00 Å². The molecule has 0 aliphatic carbocycles.